The Morgan fingerprint density at radius 2 is 1.81 bits per heavy atom. The number of benzene rings is 1. The quantitative estimate of drug-likeness (QED) is 0.840. The van der Waals surface area contributed by atoms with Crippen molar-refractivity contribution in [3.8, 4) is 0 Å². The van der Waals surface area contributed by atoms with Crippen LogP contribution >= 0.6 is 0 Å². The second-order valence-corrected chi connectivity index (χ2v) is 7.04. The van der Waals surface area contributed by atoms with Gasteiger partial charge in [0.2, 0.25) is 10.0 Å². The zero-order chi connectivity index (χ0) is 16.0. The highest BCUT2D eigenvalue weighted by molar-refractivity contribution is 7.92. The third-order valence-electron chi connectivity index (χ3n) is 3.20. The number of carbonyl (C=O) groups excluding carboxylic acids is 1. The molecule has 1 aromatic rings. The van der Waals surface area contributed by atoms with Crippen LogP contribution in [0.15, 0.2) is 24.3 Å². The van der Waals surface area contributed by atoms with Crippen LogP contribution in [0.1, 0.15) is 44.0 Å². The largest absolute Gasteiger partial charge is 0.350 e. The summed E-state index contributed by atoms with van der Waals surface area (Å²) in [5.41, 5.74) is 1.10. The third kappa shape index (κ3) is 5.04. The maximum Gasteiger partial charge on any atom is 0.251 e. The average Bonchev–Trinajstić information content (AvgIpc) is 2.38. The molecule has 21 heavy (non-hydrogen) atoms. The van der Waals surface area contributed by atoms with Gasteiger partial charge in [-0.1, -0.05) is 13.3 Å². The molecule has 0 bridgehead atoms. The predicted octanol–water partition coefficient (Wildman–Crippen LogP) is 2.39. The lowest BCUT2D eigenvalue weighted by molar-refractivity contribution is 0.0938. The lowest BCUT2D eigenvalue weighted by Crippen LogP contribution is -2.32. The summed E-state index contributed by atoms with van der Waals surface area (Å²) in [5, 5.41) is 2.92. The van der Waals surface area contributed by atoms with Gasteiger partial charge in [0.25, 0.3) is 5.91 Å². The van der Waals surface area contributed by atoms with Crippen molar-refractivity contribution in [3.63, 3.8) is 0 Å². The summed E-state index contributed by atoms with van der Waals surface area (Å²) in [6, 6.07) is 6.74. The first-order valence-electron chi connectivity index (χ1n) is 7.18. The maximum absolute atomic E-state index is 12.0. The van der Waals surface area contributed by atoms with Crippen molar-refractivity contribution in [3.05, 3.63) is 29.8 Å². The van der Waals surface area contributed by atoms with Gasteiger partial charge in [0.1, 0.15) is 0 Å². The van der Waals surface area contributed by atoms with E-state index in [9.17, 15) is 13.2 Å². The molecule has 6 heteroatoms. The lowest BCUT2D eigenvalue weighted by atomic mass is 10.1. The molecular formula is C15H24N2O3S. The summed E-state index contributed by atoms with van der Waals surface area (Å²) in [4.78, 5) is 12.0. The van der Waals surface area contributed by atoms with Gasteiger partial charge in [0, 0.05) is 18.2 Å². The maximum atomic E-state index is 12.0. The first kappa shape index (κ1) is 17.5. The standard InChI is InChI=1S/C15H24N2O3S/c1-5-7-12(3)16-15(18)13-8-10-14(11-9-13)17(6-2)21(4,19)20/h8-12H,5-7H2,1-4H3,(H,16,18). The van der Waals surface area contributed by atoms with Crippen LogP contribution in [0.4, 0.5) is 5.69 Å². The molecule has 0 saturated carbocycles. The van der Waals surface area contributed by atoms with E-state index in [4.69, 9.17) is 0 Å². The van der Waals surface area contributed by atoms with Crippen LogP contribution in [0.25, 0.3) is 0 Å². The summed E-state index contributed by atoms with van der Waals surface area (Å²) < 4.78 is 24.6. The highest BCUT2D eigenvalue weighted by atomic mass is 32.2. The molecule has 0 aliphatic heterocycles. The summed E-state index contributed by atoms with van der Waals surface area (Å²) in [6.07, 6.45) is 3.12. The van der Waals surface area contributed by atoms with Gasteiger partial charge in [-0.15, -0.1) is 0 Å². The van der Waals surface area contributed by atoms with Crippen molar-refractivity contribution in [2.24, 2.45) is 0 Å². The van der Waals surface area contributed by atoms with Crippen LogP contribution in [0.3, 0.4) is 0 Å². The molecule has 1 amide bonds. The number of carbonyl (C=O) groups is 1. The van der Waals surface area contributed by atoms with Gasteiger partial charge >= 0.3 is 0 Å². The number of hydrogen-bond donors (Lipinski definition) is 1. The van der Waals surface area contributed by atoms with Gasteiger partial charge in [-0.3, -0.25) is 9.10 Å². The fourth-order valence-corrected chi connectivity index (χ4v) is 3.17. The Hall–Kier alpha value is -1.56. The highest BCUT2D eigenvalue weighted by Crippen LogP contribution is 2.18. The number of rotatable bonds is 7. The van der Waals surface area contributed by atoms with E-state index < -0.39 is 10.0 Å². The van der Waals surface area contributed by atoms with Crippen molar-refractivity contribution in [1.29, 1.82) is 0 Å². The lowest BCUT2D eigenvalue weighted by Gasteiger charge is -2.20. The van der Waals surface area contributed by atoms with E-state index in [-0.39, 0.29) is 11.9 Å². The van der Waals surface area contributed by atoms with Crippen LogP contribution < -0.4 is 9.62 Å². The van der Waals surface area contributed by atoms with Crippen LogP contribution in [-0.4, -0.2) is 33.2 Å². The molecule has 0 aliphatic rings. The van der Waals surface area contributed by atoms with E-state index in [1.165, 1.54) is 10.6 Å². The van der Waals surface area contributed by atoms with Crippen molar-refractivity contribution < 1.29 is 13.2 Å². The van der Waals surface area contributed by atoms with E-state index in [0.717, 1.165) is 12.8 Å². The zero-order valence-electron chi connectivity index (χ0n) is 13.1. The first-order chi connectivity index (χ1) is 9.79. The fraction of sp³-hybridized carbons (Fsp3) is 0.533. The van der Waals surface area contributed by atoms with Gasteiger partial charge < -0.3 is 5.32 Å². The van der Waals surface area contributed by atoms with E-state index in [2.05, 4.69) is 12.2 Å². The summed E-state index contributed by atoms with van der Waals surface area (Å²) in [6.45, 7) is 6.17. The molecule has 1 aromatic carbocycles. The third-order valence-corrected chi connectivity index (χ3v) is 4.47. The topological polar surface area (TPSA) is 66.5 Å². The fourth-order valence-electron chi connectivity index (χ4n) is 2.20. The van der Waals surface area contributed by atoms with E-state index >= 15 is 0 Å². The Kier molecular flexibility index (Phi) is 6.20. The minimum absolute atomic E-state index is 0.130. The number of sulfonamides is 1. The Labute approximate surface area is 127 Å². The highest BCUT2D eigenvalue weighted by Gasteiger charge is 2.16. The average molecular weight is 312 g/mol. The van der Waals surface area contributed by atoms with Gasteiger partial charge in [-0.25, -0.2) is 8.42 Å². The molecule has 1 N–H and O–H groups in total. The molecule has 0 fully saturated rings. The molecule has 0 spiro atoms. The predicted molar refractivity (Wildman–Crippen MR) is 86.1 cm³/mol. The van der Waals surface area contributed by atoms with Crippen molar-refractivity contribution >= 4 is 21.6 Å². The van der Waals surface area contributed by atoms with Gasteiger partial charge in [0.05, 0.1) is 11.9 Å². The molecule has 5 nitrogen and oxygen atoms in total. The zero-order valence-corrected chi connectivity index (χ0v) is 13.9. The molecule has 0 heterocycles. The number of hydrogen-bond acceptors (Lipinski definition) is 3. The second kappa shape index (κ2) is 7.45. The number of anilines is 1. The van der Waals surface area contributed by atoms with Crippen molar-refractivity contribution in [1.82, 2.24) is 5.32 Å². The molecule has 0 aliphatic carbocycles. The Morgan fingerprint density at radius 1 is 1.24 bits per heavy atom. The molecule has 1 unspecified atom stereocenters. The molecule has 118 valence electrons. The minimum atomic E-state index is -3.29. The number of nitrogens with zero attached hydrogens (tertiary/aromatic N) is 1. The van der Waals surface area contributed by atoms with Gasteiger partial charge in [-0.05, 0) is 44.5 Å². The van der Waals surface area contributed by atoms with Crippen LogP contribution in [0.2, 0.25) is 0 Å². The Balaban J connectivity index is 2.85. The summed E-state index contributed by atoms with van der Waals surface area (Å²) in [5.74, 6) is -0.134. The number of nitrogens with one attached hydrogen (secondary N) is 1. The molecule has 0 radical (unpaired) electrons. The van der Waals surface area contributed by atoms with Gasteiger partial charge in [0.15, 0.2) is 0 Å². The van der Waals surface area contributed by atoms with Crippen molar-refractivity contribution in [2.45, 2.75) is 39.7 Å². The SMILES string of the molecule is CCCC(C)NC(=O)c1ccc(N(CC)S(C)(=O)=O)cc1. The number of amides is 1. The molecule has 1 atom stereocenters. The Morgan fingerprint density at radius 3 is 2.24 bits per heavy atom. The molecule has 0 saturated heterocycles. The minimum Gasteiger partial charge on any atom is -0.350 e. The summed E-state index contributed by atoms with van der Waals surface area (Å²) in [7, 11) is -3.29. The van der Waals surface area contributed by atoms with Gasteiger partial charge in [-0.2, -0.15) is 0 Å². The summed E-state index contributed by atoms with van der Waals surface area (Å²) >= 11 is 0. The Bertz CT molecular complexity index is 567. The smallest absolute Gasteiger partial charge is 0.251 e. The van der Waals surface area contributed by atoms with Crippen LogP contribution in [-0.2, 0) is 10.0 Å². The van der Waals surface area contributed by atoms with Crippen LogP contribution in [0.5, 0.6) is 0 Å². The normalized spacial score (nSPS) is 12.8. The van der Waals surface area contributed by atoms with E-state index in [1.807, 2.05) is 6.92 Å². The van der Waals surface area contributed by atoms with Crippen LogP contribution in [0, 0.1) is 0 Å². The van der Waals surface area contributed by atoms with E-state index in [0.29, 0.717) is 17.8 Å². The molecule has 0 aromatic heterocycles. The van der Waals surface area contributed by atoms with E-state index in [1.54, 1.807) is 31.2 Å². The monoisotopic (exact) mass is 312 g/mol. The first-order valence-corrected chi connectivity index (χ1v) is 9.03. The second-order valence-electron chi connectivity index (χ2n) is 5.14. The molecule has 1 rings (SSSR count). The molecular weight excluding hydrogens is 288 g/mol. The van der Waals surface area contributed by atoms with Crippen molar-refractivity contribution in [2.75, 3.05) is 17.1 Å².